The molecule has 2 aromatic heterocycles. The number of benzene rings is 2. The monoisotopic (exact) mass is 387 g/mol. The topological polar surface area (TPSA) is 89.9 Å². The van der Waals surface area contributed by atoms with Gasteiger partial charge in [-0.3, -0.25) is 9.20 Å². The number of fused-ring (bicyclic) bond motifs is 1. The zero-order valence-corrected chi connectivity index (χ0v) is 15.8. The maximum atomic E-state index is 11.1. The molecule has 0 saturated heterocycles. The molecule has 2 aromatic carbocycles. The maximum Gasteiger partial charge on any atom is 0.307 e. The summed E-state index contributed by atoms with van der Waals surface area (Å²) in [5.74, 6) is -0.322. The van der Waals surface area contributed by atoms with Crippen LogP contribution in [0.1, 0.15) is 16.8 Å². The molecule has 6 nitrogen and oxygen atoms in total. The van der Waals surface area contributed by atoms with Crippen molar-refractivity contribution in [1.82, 2.24) is 9.38 Å². The van der Waals surface area contributed by atoms with Crippen LogP contribution in [0.4, 0.5) is 0 Å². The van der Waals surface area contributed by atoms with Crippen molar-refractivity contribution in [3.8, 4) is 16.9 Å². The van der Waals surface area contributed by atoms with Crippen molar-refractivity contribution in [3.63, 3.8) is 0 Å². The third kappa shape index (κ3) is 4.12. The lowest BCUT2D eigenvalue weighted by atomic mass is 10.0. The van der Waals surface area contributed by atoms with E-state index in [0.29, 0.717) is 17.9 Å². The minimum atomic E-state index is -0.889. The molecule has 3 N–H and O–H groups in total. The molecule has 0 amide bonds. The van der Waals surface area contributed by atoms with Crippen molar-refractivity contribution < 1.29 is 14.6 Å². The van der Waals surface area contributed by atoms with Crippen LogP contribution in [0.15, 0.2) is 73.1 Å². The second-order valence-corrected chi connectivity index (χ2v) is 6.77. The Kier molecular flexibility index (Phi) is 5.27. The zero-order valence-electron chi connectivity index (χ0n) is 15.8. The molecule has 2 heterocycles. The van der Waals surface area contributed by atoms with E-state index >= 15 is 0 Å². The van der Waals surface area contributed by atoms with Crippen LogP contribution in [0.3, 0.4) is 0 Å². The molecule has 0 aliphatic rings. The molecule has 0 bridgehead atoms. The highest BCUT2D eigenvalue weighted by atomic mass is 16.5. The van der Waals surface area contributed by atoms with E-state index in [1.807, 2.05) is 40.9 Å². The van der Waals surface area contributed by atoms with Gasteiger partial charge in [0.05, 0.1) is 18.3 Å². The highest BCUT2D eigenvalue weighted by Crippen LogP contribution is 2.23. The molecule has 0 unspecified atom stereocenters. The first-order chi connectivity index (χ1) is 14.1. The first-order valence-corrected chi connectivity index (χ1v) is 9.32. The van der Waals surface area contributed by atoms with Crippen molar-refractivity contribution >= 4 is 11.6 Å². The van der Waals surface area contributed by atoms with Crippen LogP contribution in [0, 0.1) is 0 Å². The number of imidazole rings is 1. The van der Waals surface area contributed by atoms with Gasteiger partial charge in [0.1, 0.15) is 18.0 Å². The molecule has 0 spiro atoms. The molecule has 6 heteroatoms. The van der Waals surface area contributed by atoms with Gasteiger partial charge in [0.25, 0.3) is 0 Å². The number of aromatic nitrogens is 2. The summed E-state index contributed by atoms with van der Waals surface area (Å²) in [5, 5.41) is 9.08. The SMILES string of the molecule is NCc1cccc(-c2ccc3ncc(COc4ccccc4CC(=O)O)n3c2)c1. The number of nitrogens with two attached hydrogens (primary N) is 1. The van der Waals surface area contributed by atoms with Crippen LogP contribution < -0.4 is 10.5 Å². The Labute approximate surface area is 168 Å². The summed E-state index contributed by atoms with van der Waals surface area (Å²) < 4.78 is 7.92. The van der Waals surface area contributed by atoms with Crippen LogP contribution >= 0.6 is 0 Å². The van der Waals surface area contributed by atoms with Gasteiger partial charge in [0.15, 0.2) is 0 Å². The molecule has 0 aliphatic carbocycles. The first-order valence-electron chi connectivity index (χ1n) is 9.32. The summed E-state index contributed by atoms with van der Waals surface area (Å²) >= 11 is 0. The summed E-state index contributed by atoms with van der Waals surface area (Å²) in [6, 6.07) is 19.3. The Balaban J connectivity index is 1.61. The molecule has 4 aromatic rings. The number of carbonyl (C=O) groups is 1. The smallest absolute Gasteiger partial charge is 0.307 e. The second-order valence-electron chi connectivity index (χ2n) is 6.77. The third-order valence-electron chi connectivity index (χ3n) is 4.77. The number of hydrogen-bond acceptors (Lipinski definition) is 4. The number of aliphatic carboxylic acids is 1. The average molecular weight is 387 g/mol. The quantitative estimate of drug-likeness (QED) is 0.505. The van der Waals surface area contributed by atoms with Gasteiger partial charge in [0, 0.05) is 18.3 Å². The fourth-order valence-electron chi connectivity index (χ4n) is 3.29. The van der Waals surface area contributed by atoms with Crippen LogP contribution in [0.2, 0.25) is 0 Å². The number of hydrogen-bond donors (Lipinski definition) is 2. The summed E-state index contributed by atoms with van der Waals surface area (Å²) in [6.45, 7) is 0.778. The molecule has 4 rings (SSSR count). The van der Waals surface area contributed by atoms with Gasteiger partial charge in [-0.05, 0) is 41.0 Å². The lowest BCUT2D eigenvalue weighted by molar-refractivity contribution is -0.136. The van der Waals surface area contributed by atoms with Crippen molar-refractivity contribution in [2.24, 2.45) is 5.73 Å². The number of carboxylic acids is 1. The molecule has 0 fully saturated rings. The molecule has 0 saturated carbocycles. The van der Waals surface area contributed by atoms with Crippen molar-refractivity contribution in [2.45, 2.75) is 19.6 Å². The average Bonchev–Trinajstić information content (AvgIpc) is 3.15. The second kappa shape index (κ2) is 8.16. The highest BCUT2D eigenvalue weighted by Gasteiger charge is 2.10. The van der Waals surface area contributed by atoms with Crippen LogP contribution in [-0.2, 0) is 24.4 Å². The number of ether oxygens (including phenoxy) is 1. The Bertz CT molecular complexity index is 1170. The number of pyridine rings is 1. The Hall–Kier alpha value is -3.64. The van der Waals surface area contributed by atoms with E-state index in [1.54, 1.807) is 24.4 Å². The van der Waals surface area contributed by atoms with Crippen molar-refractivity contribution in [2.75, 3.05) is 0 Å². The van der Waals surface area contributed by atoms with Gasteiger partial charge in [-0.15, -0.1) is 0 Å². The van der Waals surface area contributed by atoms with E-state index < -0.39 is 5.97 Å². The van der Waals surface area contributed by atoms with Gasteiger partial charge in [-0.2, -0.15) is 0 Å². The Morgan fingerprint density at radius 2 is 1.93 bits per heavy atom. The van der Waals surface area contributed by atoms with Gasteiger partial charge in [-0.1, -0.05) is 36.4 Å². The normalized spacial score (nSPS) is 10.9. The summed E-state index contributed by atoms with van der Waals surface area (Å²) in [5.41, 5.74) is 11.3. The first kappa shape index (κ1) is 18.7. The van der Waals surface area contributed by atoms with E-state index in [-0.39, 0.29) is 13.0 Å². The lowest BCUT2D eigenvalue weighted by Gasteiger charge is -2.11. The van der Waals surface area contributed by atoms with E-state index in [1.165, 1.54) is 0 Å². The summed E-state index contributed by atoms with van der Waals surface area (Å²) in [4.78, 5) is 15.5. The molecule has 0 aliphatic heterocycles. The zero-order chi connectivity index (χ0) is 20.2. The van der Waals surface area contributed by atoms with E-state index in [2.05, 4.69) is 17.1 Å². The van der Waals surface area contributed by atoms with E-state index in [4.69, 9.17) is 15.6 Å². The minimum absolute atomic E-state index is 0.0784. The Morgan fingerprint density at radius 1 is 1.07 bits per heavy atom. The highest BCUT2D eigenvalue weighted by molar-refractivity contribution is 5.71. The van der Waals surface area contributed by atoms with Crippen LogP contribution in [-0.4, -0.2) is 20.5 Å². The molecule has 29 heavy (non-hydrogen) atoms. The summed E-state index contributed by atoms with van der Waals surface area (Å²) in [6.07, 6.45) is 3.72. The van der Waals surface area contributed by atoms with Crippen molar-refractivity contribution in [1.29, 1.82) is 0 Å². The van der Waals surface area contributed by atoms with E-state index in [0.717, 1.165) is 28.0 Å². The van der Waals surface area contributed by atoms with Gasteiger partial charge < -0.3 is 15.6 Å². The maximum absolute atomic E-state index is 11.1. The van der Waals surface area contributed by atoms with Crippen LogP contribution in [0.5, 0.6) is 5.75 Å². The molecular weight excluding hydrogens is 366 g/mol. The predicted octanol–water partition coefficient (Wildman–Crippen LogP) is 3.67. The molecular formula is C23H21N3O3. The minimum Gasteiger partial charge on any atom is -0.487 e. The largest absolute Gasteiger partial charge is 0.487 e. The van der Waals surface area contributed by atoms with Crippen LogP contribution in [0.25, 0.3) is 16.8 Å². The van der Waals surface area contributed by atoms with Gasteiger partial charge in [0.2, 0.25) is 0 Å². The van der Waals surface area contributed by atoms with Gasteiger partial charge in [-0.25, -0.2) is 4.98 Å². The number of rotatable bonds is 7. The molecule has 0 atom stereocenters. The van der Waals surface area contributed by atoms with E-state index in [9.17, 15) is 4.79 Å². The third-order valence-corrected chi connectivity index (χ3v) is 4.77. The standard InChI is InChI=1S/C23H21N3O3/c24-12-16-4-3-6-17(10-16)19-8-9-22-25-13-20(26(22)14-19)15-29-21-7-2-1-5-18(21)11-23(27)28/h1-10,13-14H,11-12,15,24H2,(H,27,28). The number of nitrogens with zero attached hydrogens (tertiary/aromatic N) is 2. The Morgan fingerprint density at radius 3 is 2.76 bits per heavy atom. The number of carboxylic acid groups (broad SMARTS) is 1. The predicted molar refractivity (Wildman–Crippen MR) is 111 cm³/mol. The lowest BCUT2D eigenvalue weighted by Crippen LogP contribution is -2.05. The molecule has 0 radical (unpaired) electrons. The fraction of sp³-hybridized carbons (Fsp3) is 0.130. The summed E-state index contributed by atoms with van der Waals surface area (Å²) in [7, 11) is 0. The molecule has 146 valence electrons. The van der Waals surface area contributed by atoms with Crippen molar-refractivity contribution in [3.05, 3.63) is 89.9 Å². The number of para-hydroxylation sites is 1. The van der Waals surface area contributed by atoms with Gasteiger partial charge >= 0.3 is 5.97 Å². The fourth-order valence-corrected chi connectivity index (χ4v) is 3.29.